The molecule has 24 heavy (non-hydrogen) atoms. The average Bonchev–Trinajstić information content (AvgIpc) is 2.81. The van der Waals surface area contributed by atoms with Gasteiger partial charge in [0.15, 0.2) is 9.84 Å². The van der Waals surface area contributed by atoms with Crippen LogP contribution in [0.15, 0.2) is 58.2 Å². The SMILES string of the molecule is Cc1sc(=O)n(-c2cccc(Cl)c2)c1-c1ccc(S(C)(=O)=O)cc1. The van der Waals surface area contributed by atoms with Crippen molar-refractivity contribution in [2.45, 2.75) is 11.8 Å². The second-order valence-electron chi connectivity index (χ2n) is 5.38. The third-order valence-electron chi connectivity index (χ3n) is 3.60. The number of halogens is 1. The van der Waals surface area contributed by atoms with Crippen molar-refractivity contribution in [3.05, 3.63) is 68.1 Å². The van der Waals surface area contributed by atoms with Crippen LogP contribution in [0.4, 0.5) is 0 Å². The maximum atomic E-state index is 12.4. The molecule has 4 nitrogen and oxygen atoms in total. The van der Waals surface area contributed by atoms with E-state index in [1.165, 1.54) is 6.26 Å². The number of nitrogens with zero attached hydrogens (tertiary/aromatic N) is 1. The molecule has 0 unspecified atom stereocenters. The van der Waals surface area contributed by atoms with E-state index in [4.69, 9.17) is 11.6 Å². The second kappa shape index (κ2) is 6.20. The topological polar surface area (TPSA) is 56.1 Å². The maximum absolute atomic E-state index is 12.4. The van der Waals surface area contributed by atoms with Gasteiger partial charge in [-0.2, -0.15) is 0 Å². The Kier molecular flexibility index (Phi) is 4.38. The predicted octanol–water partition coefficient (Wildman–Crippen LogP) is 3.93. The zero-order chi connectivity index (χ0) is 17.5. The van der Waals surface area contributed by atoms with E-state index in [2.05, 4.69) is 0 Å². The molecule has 0 spiro atoms. The summed E-state index contributed by atoms with van der Waals surface area (Å²) in [6.07, 6.45) is 1.17. The summed E-state index contributed by atoms with van der Waals surface area (Å²) in [4.78, 5) is 13.4. The van der Waals surface area contributed by atoms with Crippen LogP contribution in [0.3, 0.4) is 0 Å². The molecule has 0 fully saturated rings. The maximum Gasteiger partial charge on any atom is 0.312 e. The Morgan fingerprint density at radius 2 is 1.75 bits per heavy atom. The Hall–Kier alpha value is -1.89. The molecular weight excluding hydrogens is 366 g/mol. The zero-order valence-corrected chi connectivity index (χ0v) is 15.4. The van der Waals surface area contributed by atoms with Gasteiger partial charge < -0.3 is 0 Å². The van der Waals surface area contributed by atoms with E-state index in [-0.39, 0.29) is 9.77 Å². The van der Waals surface area contributed by atoms with Crippen molar-refractivity contribution in [2.24, 2.45) is 0 Å². The van der Waals surface area contributed by atoms with E-state index in [0.29, 0.717) is 10.7 Å². The molecular formula is C17H14ClNO3S2. The molecule has 0 radical (unpaired) electrons. The number of benzene rings is 2. The molecule has 1 aromatic heterocycles. The molecule has 0 aliphatic rings. The van der Waals surface area contributed by atoms with Gasteiger partial charge in [-0.15, -0.1) is 0 Å². The molecule has 124 valence electrons. The first-order chi connectivity index (χ1) is 11.3. The summed E-state index contributed by atoms with van der Waals surface area (Å²) < 4.78 is 24.8. The van der Waals surface area contributed by atoms with Gasteiger partial charge in [-0.05, 0) is 42.8 Å². The Balaban J connectivity index is 2.21. The number of aromatic nitrogens is 1. The van der Waals surface area contributed by atoms with E-state index in [1.54, 1.807) is 47.0 Å². The van der Waals surface area contributed by atoms with Crippen molar-refractivity contribution in [1.29, 1.82) is 0 Å². The van der Waals surface area contributed by atoms with Gasteiger partial charge in [-0.25, -0.2) is 8.42 Å². The van der Waals surface area contributed by atoms with Gasteiger partial charge >= 0.3 is 4.87 Å². The molecule has 1 heterocycles. The minimum Gasteiger partial charge on any atom is -0.267 e. The van der Waals surface area contributed by atoms with E-state index < -0.39 is 9.84 Å². The minimum atomic E-state index is -3.26. The number of thiazole rings is 1. The molecule has 0 amide bonds. The van der Waals surface area contributed by atoms with Crippen molar-refractivity contribution in [1.82, 2.24) is 4.57 Å². The van der Waals surface area contributed by atoms with Crippen molar-refractivity contribution in [3.8, 4) is 16.9 Å². The molecule has 0 N–H and O–H groups in total. The first kappa shape index (κ1) is 17.0. The van der Waals surface area contributed by atoms with Gasteiger partial charge in [0.1, 0.15) is 0 Å². The molecule has 2 aromatic carbocycles. The van der Waals surface area contributed by atoms with Crippen molar-refractivity contribution < 1.29 is 8.42 Å². The van der Waals surface area contributed by atoms with Gasteiger partial charge in [0.2, 0.25) is 0 Å². The minimum absolute atomic E-state index is 0.114. The molecule has 3 aromatic rings. The lowest BCUT2D eigenvalue weighted by Crippen LogP contribution is -2.11. The molecule has 0 saturated heterocycles. The standard InChI is InChI=1S/C17H14ClNO3S2/c1-11-16(12-6-8-15(9-7-12)24(2,21)22)19(17(20)23-11)14-5-3-4-13(18)10-14/h3-10H,1-2H3. The van der Waals surface area contributed by atoms with Gasteiger partial charge in [-0.1, -0.05) is 41.1 Å². The van der Waals surface area contributed by atoms with Crippen LogP contribution in [0.1, 0.15) is 4.88 Å². The summed E-state index contributed by atoms with van der Waals surface area (Å²) in [5, 5.41) is 0.543. The average molecular weight is 380 g/mol. The molecule has 0 saturated carbocycles. The van der Waals surface area contributed by atoms with Gasteiger partial charge in [0.25, 0.3) is 0 Å². The van der Waals surface area contributed by atoms with Gasteiger partial charge in [-0.3, -0.25) is 9.36 Å². The number of rotatable bonds is 3. The number of aryl methyl sites for hydroxylation is 1. The highest BCUT2D eigenvalue weighted by Gasteiger charge is 2.16. The lowest BCUT2D eigenvalue weighted by atomic mass is 10.1. The first-order valence-electron chi connectivity index (χ1n) is 7.06. The van der Waals surface area contributed by atoms with Crippen LogP contribution in [0.5, 0.6) is 0 Å². The van der Waals surface area contributed by atoms with Crippen molar-refractivity contribution in [2.75, 3.05) is 6.26 Å². The third kappa shape index (κ3) is 3.17. The fourth-order valence-electron chi connectivity index (χ4n) is 2.52. The second-order valence-corrected chi connectivity index (χ2v) is 9.00. The lowest BCUT2D eigenvalue weighted by Gasteiger charge is -2.10. The Morgan fingerprint density at radius 1 is 1.08 bits per heavy atom. The van der Waals surface area contributed by atoms with Crippen LogP contribution < -0.4 is 4.87 Å². The molecule has 7 heteroatoms. The normalized spacial score (nSPS) is 11.6. The summed E-state index contributed by atoms with van der Waals surface area (Å²) in [5.41, 5.74) is 2.20. The summed E-state index contributed by atoms with van der Waals surface area (Å²) >= 11 is 7.19. The largest absolute Gasteiger partial charge is 0.312 e. The Labute approximate surface area is 148 Å². The number of sulfone groups is 1. The van der Waals surface area contributed by atoms with Crippen LogP contribution in [-0.4, -0.2) is 19.2 Å². The molecule has 0 bridgehead atoms. The molecule has 0 atom stereocenters. The smallest absolute Gasteiger partial charge is 0.267 e. The quantitative estimate of drug-likeness (QED) is 0.692. The van der Waals surface area contributed by atoms with Gasteiger partial charge in [0.05, 0.1) is 16.3 Å². The van der Waals surface area contributed by atoms with E-state index in [9.17, 15) is 13.2 Å². The van der Waals surface area contributed by atoms with Crippen LogP contribution in [0, 0.1) is 6.92 Å². The zero-order valence-electron chi connectivity index (χ0n) is 13.0. The highest BCUT2D eigenvalue weighted by Crippen LogP contribution is 2.29. The number of hydrogen-bond donors (Lipinski definition) is 0. The van der Waals surface area contributed by atoms with Crippen molar-refractivity contribution in [3.63, 3.8) is 0 Å². The van der Waals surface area contributed by atoms with E-state index in [0.717, 1.165) is 27.5 Å². The first-order valence-corrected chi connectivity index (χ1v) is 10.1. The Bertz CT molecular complexity index is 1060. The number of hydrogen-bond acceptors (Lipinski definition) is 4. The highest BCUT2D eigenvalue weighted by atomic mass is 35.5. The molecule has 0 aliphatic heterocycles. The van der Waals surface area contributed by atoms with Crippen LogP contribution in [0.2, 0.25) is 5.02 Å². The monoisotopic (exact) mass is 379 g/mol. The summed E-state index contributed by atoms with van der Waals surface area (Å²) in [5.74, 6) is 0. The molecule has 3 rings (SSSR count). The fourth-order valence-corrected chi connectivity index (χ4v) is 4.19. The summed E-state index contributed by atoms with van der Waals surface area (Å²) in [6.45, 7) is 1.87. The summed E-state index contributed by atoms with van der Waals surface area (Å²) in [6, 6.07) is 13.6. The van der Waals surface area contributed by atoms with Crippen molar-refractivity contribution >= 4 is 32.8 Å². The van der Waals surface area contributed by atoms with Crippen LogP contribution in [-0.2, 0) is 9.84 Å². The van der Waals surface area contributed by atoms with Gasteiger partial charge in [0, 0.05) is 16.2 Å². The highest BCUT2D eigenvalue weighted by molar-refractivity contribution is 7.90. The third-order valence-corrected chi connectivity index (χ3v) is 5.82. The Morgan fingerprint density at radius 3 is 2.33 bits per heavy atom. The summed E-state index contributed by atoms with van der Waals surface area (Å²) in [7, 11) is -3.26. The molecule has 0 aliphatic carbocycles. The predicted molar refractivity (Wildman–Crippen MR) is 98.2 cm³/mol. The van der Waals surface area contributed by atoms with Crippen LogP contribution in [0.25, 0.3) is 16.9 Å². The lowest BCUT2D eigenvalue weighted by molar-refractivity contribution is 0.602. The van der Waals surface area contributed by atoms with E-state index >= 15 is 0 Å². The fraction of sp³-hybridized carbons (Fsp3) is 0.118. The van der Waals surface area contributed by atoms with E-state index in [1.807, 2.05) is 13.0 Å². The van der Waals surface area contributed by atoms with Crippen LogP contribution >= 0.6 is 22.9 Å².